The van der Waals surface area contributed by atoms with Crippen LogP contribution in [0.2, 0.25) is 0 Å². The molecule has 0 saturated carbocycles. The lowest BCUT2D eigenvalue weighted by Gasteiger charge is -2.44. The van der Waals surface area contributed by atoms with Crippen LogP contribution >= 0.6 is 34.9 Å². The number of thiophene rings is 1. The van der Waals surface area contributed by atoms with Crippen LogP contribution in [0.5, 0.6) is 0 Å². The summed E-state index contributed by atoms with van der Waals surface area (Å²) in [5, 5.41) is 13.6. The van der Waals surface area contributed by atoms with Crippen molar-refractivity contribution < 1.29 is 22.4 Å². The number of amides is 1. The Labute approximate surface area is 285 Å². The van der Waals surface area contributed by atoms with Crippen LogP contribution in [-0.4, -0.2) is 69.8 Å². The zero-order valence-corrected chi connectivity index (χ0v) is 28.7. The number of alkyl halides is 3. The molecule has 0 bridgehead atoms. The lowest BCUT2D eigenvalue weighted by atomic mass is 9.92. The van der Waals surface area contributed by atoms with E-state index in [4.69, 9.17) is 0 Å². The number of hydrogen-bond acceptors (Lipinski definition) is 9. The molecule has 2 aromatic heterocycles. The zero-order chi connectivity index (χ0) is 34.3. The molecule has 4 aromatic rings. The van der Waals surface area contributed by atoms with Crippen LogP contribution in [0, 0.1) is 22.6 Å². The number of thioether (sulfide) groups is 2. The molecule has 48 heavy (non-hydrogen) atoms. The van der Waals surface area contributed by atoms with Crippen LogP contribution in [0.4, 0.5) is 28.4 Å². The summed E-state index contributed by atoms with van der Waals surface area (Å²) in [6.07, 6.45) is -3.63. The van der Waals surface area contributed by atoms with Gasteiger partial charge in [-0.2, -0.15) is 35.2 Å². The Morgan fingerprint density at radius 3 is 2.50 bits per heavy atom. The van der Waals surface area contributed by atoms with Crippen LogP contribution in [-0.2, 0) is 17.5 Å². The predicted octanol–water partition coefficient (Wildman–Crippen LogP) is 6.80. The van der Waals surface area contributed by atoms with E-state index in [1.54, 1.807) is 28.6 Å². The molecule has 250 valence electrons. The fraction of sp³-hybridized carbons (Fsp3) is 0.394. The number of nitrogens with one attached hydrogen (secondary N) is 1. The molecule has 7 rings (SSSR count). The first-order valence-corrected chi connectivity index (χ1v) is 18.2. The van der Waals surface area contributed by atoms with Crippen molar-refractivity contribution in [1.82, 2.24) is 14.5 Å². The van der Waals surface area contributed by atoms with Gasteiger partial charge in [0.15, 0.2) is 0 Å². The number of benzene rings is 2. The van der Waals surface area contributed by atoms with E-state index < -0.39 is 23.2 Å². The molecule has 1 spiro atoms. The summed E-state index contributed by atoms with van der Waals surface area (Å²) in [6.45, 7) is 8.06. The Balaban J connectivity index is 1.57. The highest BCUT2D eigenvalue weighted by atomic mass is 32.2. The van der Waals surface area contributed by atoms with Crippen LogP contribution in [0.3, 0.4) is 0 Å². The van der Waals surface area contributed by atoms with Crippen molar-refractivity contribution in [2.45, 2.75) is 43.5 Å². The van der Waals surface area contributed by atoms with Crippen LogP contribution in [0.1, 0.15) is 25.0 Å². The fourth-order valence-corrected chi connectivity index (χ4v) is 11.2. The van der Waals surface area contributed by atoms with Gasteiger partial charge in [0.05, 0.1) is 21.3 Å². The van der Waals surface area contributed by atoms with Crippen molar-refractivity contribution in [3.8, 4) is 17.2 Å². The number of halogens is 4. The number of nitriles is 1. The van der Waals surface area contributed by atoms with E-state index >= 15 is 17.6 Å². The Kier molecular flexibility index (Phi) is 7.99. The summed E-state index contributed by atoms with van der Waals surface area (Å²) in [6, 6.07) is 4.91. The Morgan fingerprint density at radius 1 is 1.21 bits per heavy atom. The minimum absolute atomic E-state index is 0.0561. The summed E-state index contributed by atoms with van der Waals surface area (Å²) in [5.41, 5.74) is -1.55. The summed E-state index contributed by atoms with van der Waals surface area (Å²) in [5.74, 6) is 1.19. The molecule has 15 heteroatoms. The molecular weight excluding hydrogens is 685 g/mol. The predicted molar refractivity (Wildman–Crippen MR) is 185 cm³/mol. The maximum atomic E-state index is 15.4. The highest BCUT2D eigenvalue weighted by Crippen LogP contribution is 2.54. The quantitative estimate of drug-likeness (QED) is 0.182. The SMILES string of the molecule is C=CC(=O)N1[C@H](C)CN(c2nc(=O)n3c4c(c(-c5ccc(F)c6sc(NC)c(C#N)c56)c(C(F)(F)F)cc24)SCC2(CSC2)C3)C[C@@H]1C. The van der Waals surface area contributed by atoms with E-state index in [2.05, 4.69) is 22.9 Å². The Morgan fingerprint density at radius 2 is 1.92 bits per heavy atom. The van der Waals surface area contributed by atoms with Crippen molar-refractivity contribution in [2.24, 2.45) is 5.41 Å². The average Bonchev–Trinajstić information content (AvgIpc) is 3.30. The number of fused-ring (bicyclic) bond motifs is 1. The zero-order valence-electron chi connectivity index (χ0n) is 26.2. The van der Waals surface area contributed by atoms with Crippen molar-refractivity contribution in [3.05, 3.63) is 58.3 Å². The standard InChI is InChI=1S/C33H30F4N6O2S3/c1-5-23(44)43-16(2)10-41(11-17(43)3)29-19-8-21(33(35,36)37)25(18-6-7-22(34)27-24(18)20(9-38)30(39-4)48-27)28-26(19)42(31(45)40-29)12-32(15-47-28)13-46-14-32/h5-8,16-17,39H,1,10-15H2,2-4H3/t16-,17+. The van der Waals surface area contributed by atoms with Gasteiger partial charge in [0.2, 0.25) is 5.91 Å². The second kappa shape index (κ2) is 11.7. The molecule has 8 nitrogen and oxygen atoms in total. The first-order valence-electron chi connectivity index (χ1n) is 15.2. The Bertz CT molecular complexity index is 2120. The molecule has 3 aliphatic heterocycles. The molecule has 0 aliphatic carbocycles. The smallest absolute Gasteiger partial charge is 0.379 e. The average molecular weight is 715 g/mol. The van der Waals surface area contributed by atoms with Crippen molar-refractivity contribution >= 4 is 72.6 Å². The summed E-state index contributed by atoms with van der Waals surface area (Å²) < 4.78 is 63.0. The highest BCUT2D eigenvalue weighted by molar-refractivity contribution is 8.01. The van der Waals surface area contributed by atoms with E-state index in [0.717, 1.165) is 35.0 Å². The monoisotopic (exact) mass is 714 g/mol. The second-order valence-corrected chi connectivity index (χ2v) is 15.6. The summed E-state index contributed by atoms with van der Waals surface area (Å²) >= 11 is 3.96. The number of rotatable bonds is 4. The van der Waals surface area contributed by atoms with Gasteiger partial charge in [-0.15, -0.1) is 23.1 Å². The van der Waals surface area contributed by atoms with Gasteiger partial charge in [-0.3, -0.25) is 9.36 Å². The molecule has 1 N–H and O–H groups in total. The van der Waals surface area contributed by atoms with Gasteiger partial charge in [0, 0.05) is 82.7 Å². The molecule has 2 fully saturated rings. The van der Waals surface area contributed by atoms with Gasteiger partial charge in [-0.05, 0) is 37.6 Å². The molecular formula is C33H30F4N6O2S3. The van der Waals surface area contributed by atoms with Gasteiger partial charge < -0.3 is 15.1 Å². The first-order chi connectivity index (χ1) is 22.8. The molecule has 0 unspecified atom stereocenters. The van der Waals surface area contributed by atoms with E-state index in [1.165, 1.54) is 28.5 Å². The number of piperazine rings is 1. The van der Waals surface area contributed by atoms with Gasteiger partial charge in [-0.25, -0.2) is 9.18 Å². The third-order valence-corrected chi connectivity index (χ3v) is 13.7. The van der Waals surface area contributed by atoms with E-state index in [-0.39, 0.29) is 79.4 Å². The number of carbonyl (C=O) groups excluding carboxylic acids is 1. The van der Waals surface area contributed by atoms with Crippen molar-refractivity contribution in [3.63, 3.8) is 0 Å². The Hall–Kier alpha value is -3.74. The highest BCUT2D eigenvalue weighted by Gasteiger charge is 2.45. The van der Waals surface area contributed by atoms with Crippen LogP contribution in [0.15, 0.2) is 40.5 Å². The van der Waals surface area contributed by atoms with E-state index in [9.17, 15) is 14.9 Å². The third-order valence-electron chi connectivity index (χ3n) is 9.38. The topological polar surface area (TPSA) is 94.3 Å². The normalized spacial score (nSPS) is 20.5. The minimum atomic E-state index is -4.86. The fourth-order valence-electron chi connectivity index (χ4n) is 7.28. The van der Waals surface area contributed by atoms with E-state index in [0.29, 0.717) is 22.8 Å². The van der Waals surface area contributed by atoms with Gasteiger partial charge in [-0.1, -0.05) is 12.6 Å². The van der Waals surface area contributed by atoms with Gasteiger partial charge in [0.25, 0.3) is 0 Å². The van der Waals surface area contributed by atoms with Crippen molar-refractivity contribution in [1.29, 1.82) is 5.26 Å². The van der Waals surface area contributed by atoms with E-state index in [1.807, 2.05) is 13.8 Å². The second-order valence-electron chi connectivity index (χ2n) is 12.6. The lowest BCUT2D eigenvalue weighted by molar-refractivity contribution is -0.137. The van der Waals surface area contributed by atoms with Gasteiger partial charge in [0.1, 0.15) is 22.7 Å². The minimum Gasteiger partial charge on any atom is -0.379 e. The number of hydrogen-bond donors (Lipinski definition) is 1. The maximum Gasteiger partial charge on any atom is 0.417 e. The number of carbonyl (C=O) groups is 1. The summed E-state index contributed by atoms with van der Waals surface area (Å²) in [4.78, 5) is 34.8. The third kappa shape index (κ3) is 4.97. The summed E-state index contributed by atoms with van der Waals surface area (Å²) in [7, 11) is 1.57. The molecule has 3 aliphatic rings. The lowest BCUT2D eigenvalue weighted by Crippen LogP contribution is -2.58. The molecule has 2 aromatic carbocycles. The van der Waals surface area contributed by atoms with Crippen LogP contribution in [0.25, 0.3) is 32.1 Å². The van der Waals surface area contributed by atoms with Crippen molar-refractivity contribution in [2.75, 3.05) is 47.6 Å². The van der Waals surface area contributed by atoms with Gasteiger partial charge >= 0.3 is 11.9 Å². The number of nitrogens with zero attached hydrogens (tertiary/aromatic N) is 5. The molecule has 5 heterocycles. The molecule has 0 radical (unpaired) electrons. The first kappa shape index (κ1) is 32.8. The number of anilines is 2. The number of aromatic nitrogens is 2. The van der Waals surface area contributed by atoms with Crippen LogP contribution < -0.4 is 15.9 Å². The molecule has 2 saturated heterocycles. The molecule has 1 amide bonds. The largest absolute Gasteiger partial charge is 0.417 e. The molecule has 2 atom stereocenters. The maximum absolute atomic E-state index is 15.4.